The summed E-state index contributed by atoms with van der Waals surface area (Å²) >= 11 is 1.29. The van der Waals surface area contributed by atoms with Gasteiger partial charge in [0.15, 0.2) is 0 Å². The molecule has 0 fully saturated rings. The maximum Gasteiger partial charge on any atom is 0.328 e. The number of nitrogens with zero attached hydrogens (tertiary/aromatic N) is 2. The first-order valence-electron chi connectivity index (χ1n) is 6.23. The molecule has 6 nitrogen and oxygen atoms in total. The second-order valence-corrected chi connectivity index (χ2v) is 5.05. The van der Waals surface area contributed by atoms with E-state index in [0.29, 0.717) is 30.1 Å². The van der Waals surface area contributed by atoms with Crippen molar-refractivity contribution in [1.82, 2.24) is 4.90 Å². The van der Waals surface area contributed by atoms with E-state index < -0.39 is 5.97 Å². The summed E-state index contributed by atoms with van der Waals surface area (Å²) in [6.07, 6.45) is 2.72. The van der Waals surface area contributed by atoms with Crippen LogP contribution in [0.3, 0.4) is 0 Å². The molecule has 0 aliphatic carbocycles. The van der Waals surface area contributed by atoms with Crippen LogP contribution in [-0.4, -0.2) is 48.7 Å². The molecule has 0 atom stereocenters. The first-order valence-corrected chi connectivity index (χ1v) is 7.11. The smallest absolute Gasteiger partial charge is 0.328 e. The predicted molar refractivity (Wildman–Crippen MR) is 79.0 cm³/mol. The molecule has 0 aliphatic heterocycles. The number of carboxylic acid groups (broad SMARTS) is 1. The number of hydrogen-bond acceptors (Lipinski definition) is 5. The fraction of sp³-hybridized carbons (Fsp3) is 0.357. The standard InChI is InChI=1S/C14H16N2O4S/c1-20-8-7-16(6-2-5-15)14(19)11-9-12(21-10-11)3-4-13(17)18/h3-4,9-10H,2,6-8H2,1H3,(H,17,18). The highest BCUT2D eigenvalue weighted by molar-refractivity contribution is 7.11. The van der Waals surface area contributed by atoms with Gasteiger partial charge in [-0.2, -0.15) is 5.26 Å². The molecule has 21 heavy (non-hydrogen) atoms. The van der Waals surface area contributed by atoms with Crippen LogP contribution in [0.5, 0.6) is 0 Å². The number of rotatable bonds is 8. The minimum absolute atomic E-state index is 0.187. The lowest BCUT2D eigenvalue weighted by molar-refractivity contribution is -0.131. The van der Waals surface area contributed by atoms with E-state index in [1.54, 1.807) is 23.5 Å². The molecule has 1 aromatic heterocycles. The summed E-state index contributed by atoms with van der Waals surface area (Å²) in [6.45, 7) is 1.15. The lowest BCUT2D eigenvalue weighted by Gasteiger charge is -2.20. The summed E-state index contributed by atoms with van der Waals surface area (Å²) in [5.41, 5.74) is 0.485. The van der Waals surface area contributed by atoms with Gasteiger partial charge in [-0.1, -0.05) is 0 Å². The molecular weight excluding hydrogens is 292 g/mol. The molecule has 1 N–H and O–H groups in total. The van der Waals surface area contributed by atoms with Crippen molar-refractivity contribution in [3.8, 4) is 6.07 Å². The van der Waals surface area contributed by atoms with E-state index in [1.165, 1.54) is 17.4 Å². The third-order valence-corrected chi connectivity index (χ3v) is 3.50. The Bertz CT molecular complexity index is 560. The average Bonchev–Trinajstić information content (AvgIpc) is 2.93. The molecule has 0 spiro atoms. The number of carbonyl (C=O) groups is 2. The van der Waals surface area contributed by atoms with E-state index in [9.17, 15) is 9.59 Å². The largest absolute Gasteiger partial charge is 0.478 e. The Hall–Kier alpha value is -2.17. The summed E-state index contributed by atoms with van der Waals surface area (Å²) in [4.78, 5) is 25.0. The normalized spacial score (nSPS) is 10.5. The highest BCUT2D eigenvalue weighted by Crippen LogP contribution is 2.18. The summed E-state index contributed by atoms with van der Waals surface area (Å²) in [5.74, 6) is -1.22. The fourth-order valence-corrected chi connectivity index (χ4v) is 2.36. The van der Waals surface area contributed by atoms with Crippen LogP contribution < -0.4 is 0 Å². The lowest BCUT2D eigenvalue weighted by Crippen LogP contribution is -2.34. The van der Waals surface area contributed by atoms with Crippen LogP contribution in [0.4, 0.5) is 0 Å². The lowest BCUT2D eigenvalue weighted by atomic mass is 10.2. The molecule has 0 unspecified atom stereocenters. The number of ether oxygens (including phenoxy) is 1. The van der Waals surface area contributed by atoms with E-state index in [1.807, 2.05) is 6.07 Å². The number of amides is 1. The summed E-state index contributed by atoms with van der Waals surface area (Å²) in [5, 5.41) is 18.9. The molecular formula is C14H16N2O4S. The molecule has 0 radical (unpaired) electrons. The number of thiophene rings is 1. The van der Waals surface area contributed by atoms with Gasteiger partial charge in [0, 0.05) is 36.5 Å². The predicted octanol–water partition coefficient (Wildman–Crippen LogP) is 1.85. The van der Waals surface area contributed by atoms with Crippen molar-refractivity contribution in [2.75, 3.05) is 26.8 Å². The van der Waals surface area contributed by atoms with Crippen molar-refractivity contribution in [3.05, 3.63) is 28.0 Å². The number of methoxy groups -OCH3 is 1. The molecule has 1 heterocycles. The van der Waals surface area contributed by atoms with Crippen molar-refractivity contribution in [1.29, 1.82) is 5.26 Å². The third-order valence-electron chi connectivity index (χ3n) is 2.60. The quantitative estimate of drug-likeness (QED) is 0.740. The van der Waals surface area contributed by atoms with Crippen molar-refractivity contribution < 1.29 is 19.4 Å². The molecule has 7 heteroatoms. The Morgan fingerprint density at radius 3 is 2.90 bits per heavy atom. The third kappa shape index (κ3) is 5.77. The maximum atomic E-state index is 12.3. The van der Waals surface area contributed by atoms with Gasteiger partial charge in [-0.05, 0) is 12.1 Å². The molecule has 1 amide bonds. The van der Waals surface area contributed by atoms with E-state index in [0.717, 1.165) is 6.08 Å². The van der Waals surface area contributed by atoms with Gasteiger partial charge >= 0.3 is 5.97 Å². The monoisotopic (exact) mass is 308 g/mol. The number of carboxylic acids is 1. The molecule has 0 aromatic carbocycles. The Morgan fingerprint density at radius 2 is 2.29 bits per heavy atom. The zero-order chi connectivity index (χ0) is 15.7. The van der Waals surface area contributed by atoms with Crippen LogP contribution in [0, 0.1) is 11.3 Å². The fourth-order valence-electron chi connectivity index (χ4n) is 1.59. The SMILES string of the molecule is COCCN(CCC#N)C(=O)c1csc(C=CC(=O)O)c1. The molecule has 112 valence electrons. The number of aliphatic carboxylic acids is 1. The van der Waals surface area contributed by atoms with Gasteiger partial charge in [0.2, 0.25) is 0 Å². The van der Waals surface area contributed by atoms with Crippen LogP contribution >= 0.6 is 11.3 Å². The van der Waals surface area contributed by atoms with Crippen LogP contribution in [0.25, 0.3) is 6.08 Å². The van der Waals surface area contributed by atoms with E-state index >= 15 is 0 Å². The molecule has 1 aromatic rings. The Morgan fingerprint density at radius 1 is 1.52 bits per heavy atom. The van der Waals surface area contributed by atoms with Crippen molar-refractivity contribution >= 4 is 29.3 Å². The molecule has 0 bridgehead atoms. The van der Waals surface area contributed by atoms with E-state index in [4.69, 9.17) is 15.1 Å². The highest BCUT2D eigenvalue weighted by Gasteiger charge is 2.16. The van der Waals surface area contributed by atoms with Crippen LogP contribution in [0.1, 0.15) is 21.7 Å². The van der Waals surface area contributed by atoms with E-state index in [-0.39, 0.29) is 12.3 Å². The topological polar surface area (TPSA) is 90.6 Å². The Kier molecular flexibility index (Phi) is 7.15. The second-order valence-electron chi connectivity index (χ2n) is 4.10. The maximum absolute atomic E-state index is 12.3. The average molecular weight is 308 g/mol. The minimum atomic E-state index is -1.04. The molecule has 0 saturated heterocycles. The van der Waals surface area contributed by atoms with Gasteiger partial charge in [0.25, 0.3) is 5.91 Å². The molecule has 0 aliphatic rings. The molecule has 0 saturated carbocycles. The van der Waals surface area contributed by atoms with Gasteiger partial charge < -0.3 is 14.7 Å². The first kappa shape index (κ1) is 16.9. The first-order chi connectivity index (χ1) is 10.1. The number of hydrogen-bond donors (Lipinski definition) is 1. The Balaban J connectivity index is 2.78. The van der Waals surface area contributed by atoms with Gasteiger partial charge in [-0.3, -0.25) is 4.79 Å². The van der Waals surface area contributed by atoms with Crippen molar-refractivity contribution in [3.63, 3.8) is 0 Å². The summed E-state index contributed by atoms with van der Waals surface area (Å²) < 4.78 is 4.96. The van der Waals surface area contributed by atoms with Gasteiger partial charge in [-0.25, -0.2) is 4.79 Å². The van der Waals surface area contributed by atoms with Gasteiger partial charge in [-0.15, -0.1) is 11.3 Å². The van der Waals surface area contributed by atoms with Crippen molar-refractivity contribution in [2.24, 2.45) is 0 Å². The Labute approximate surface area is 126 Å². The molecule has 1 rings (SSSR count). The van der Waals surface area contributed by atoms with Gasteiger partial charge in [0.05, 0.1) is 24.7 Å². The number of nitriles is 1. The van der Waals surface area contributed by atoms with Crippen LogP contribution in [0.15, 0.2) is 17.5 Å². The minimum Gasteiger partial charge on any atom is -0.478 e. The van der Waals surface area contributed by atoms with E-state index in [2.05, 4.69) is 0 Å². The van der Waals surface area contributed by atoms with Crippen LogP contribution in [0.2, 0.25) is 0 Å². The number of carbonyl (C=O) groups excluding carboxylic acids is 1. The summed E-state index contributed by atoms with van der Waals surface area (Å²) in [6, 6.07) is 3.65. The zero-order valence-corrected chi connectivity index (χ0v) is 12.4. The van der Waals surface area contributed by atoms with Gasteiger partial charge in [0.1, 0.15) is 0 Å². The van der Waals surface area contributed by atoms with Crippen LogP contribution in [-0.2, 0) is 9.53 Å². The van der Waals surface area contributed by atoms with Crippen molar-refractivity contribution in [2.45, 2.75) is 6.42 Å². The zero-order valence-electron chi connectivity index (χ0n) is 11.6. The summed E-state index contributed by atoms with van der Waals surface area (Å²) in [7, 11) is 1.55. The second kappa shape index (κ2) is 8.89. The highest BCUT2D eigenvalue weighted by atomic mass is 32.1.